The van der Waals surface area contributed by atoms with Gasteiger partial charge in [0.15, 0.2) is 0 Å². The summed E-state index contributed by atoms with van der Waals surface area (Å²) in [6, 6.07) is 17.4. The van der Waals surface area contributed by atoms with Crippen molar-refractivity contribution in [1.82, 2.24) is 9.80 Å². The maximum atomic E-state index is 13.4. The predicted octanol–water partition coefficient (Wildman–Crippen LogP) is 3.65. The van der Waals surface area contributed by atoms with Crippen LogP contribution in [0.2, 0.25) is 0 Å². The van der Waals surface area contributed by atoms with E-state index in [9.17, 15) is 19.8 Å². The number of nitrogens with zero attached hydrogens (tertiary/aromatic N) is 2. The molecule has 4 rings (SSSR count). The standard InChI is InChI=1S/C31H42N2O6/c1-2-38-26-12-8-11-25(21-26)29(36)33-17-7-6-14-31(30(37)39-23-28(35)27(34)13-18-33)15-19-32(20-16-31)22-24-9-4-3-5-10-24/h3-5,8-12,21,27-28,34-35H,2,6-7,13-20,22-23H2,1H3/t27-,28+/m0/s1. The Morgan fingerprint density at radius 1 is 0.974 bits per heavy atom. The summed E-state index contributed by atoms with van der Waals surface area (Å²) in [4.78, 5) is 30.8. The third kappa shape index (κ3) is 7.81. The van der Waals surface area contributed by atoms with Gasteiger partial charge in [-0.25, -0.2) is 0 Å². The maximum Gasteiger partial charge on any atom is 0.312 e. The van der Waals surface area contributed by atoms with E-state index < -0.39 is 17.6 Å². The van der Waals surface area contributed by atoms with Gasteiger partial charge < -0.3 is 24.6 Å². The van der Waals surface area contributed by atoms with Gasteiger partial charge in [0.2, 0.25) is 0 Å². The molecular formula is C31H42N2O6. The number of carbonyl (C=O) groups is 2. The van der Waals surface area contributed by atoms with Crippen molar-refractivity contribution in [1.29, 1.82) is 0 Å². The highest BCUT2D eigenvalue weighted by Crippen LogP contribution is 2.39. The molecule has 0 saturated carbocycles. The number of rotatable bonds is 5. The van der Waals surface area contributed by atoms with Gasteiger partial charge in [0.1, 0.15) is 18.5 Å². The Kier molecular flexibility index (Phi) is 10.4. The van der Waals surface area contributed by atoms with E-state index in [0.717, 1.165) is 32.5 Å². The highest BCUT2D eigenvalue weighted by atomic mass is 16.5. The van der Waals surface area contributed by atoms with Gasteiger partial charge in [-0.1, -0.05) is 42.8 Å². The zero-order chi connectivity index (χ0) is 27.7. The fourth-order valence-corrected chi connectivity index (χ4v) is 5.59. The number of aliphatic hydroxyl groups excluding tert-OH is 2. The first kappa shape index (κ1) is 29.1. The van der Waals surface area contributed by atoms with E-state index in [-0.39, 0.29) is 24.9 Å². The highest BCUT2D eigenvalue weighted by molar-refractivity contribution is 5.94. The Balaban J connectivity index is 1.43. The normalized spacial score (nSPS) is 23.3. The largest absolute Gasteiger partial charge is 0.494 e. The molecule has 8 nitrogen and oxygen atoms in total. The molecule has 2 heterocycles. The second kappa shape index (κ2) is 13.9. The fourth-order valence-electron chi connectivity index (χ4n) is 5.59. The van der Waals surface area contributed by atoms with Crippen molar-refractivity contribution in [2.75, 3.05) is 39.4 Å². The van der Waals surface area contributed by atoms with Crippen LogP contribution in [-0.2, 0) is 16.1 Å². The molecule has 0 aromatic heterocycles. The van der Waals surface area contributed by atoms with Gasteiger partial charge in [-0.3, -0.25) is 14.5 Å². The summed E-state index contributed by atoms with van der Waals surface area (Å²) >= 11 is 0. The quantitative estimate of drug-likeness (QED) is 0.561. The van der Waals surface area contributed by atoms with Gasteiger partial charge in [0, 0.05) is 25.2 Å². The van der Waals surface area contributed by atoms with Crippen molar-refractivity contribution >= 4 is 11.9 Å². The second-order valence-corrected chi connectivity index (χ2v) is 10.8. The van der Waals surface area contributed by atoms with E-state index in [2.05, 4.69) is 17.0 Å². The molecule has 0 bridgehead atoms. The first-order valence-electron chi connectivity index (χ1n) is 14.2. The van der Waals surface area contributed by atoms with Crippen LogP contribution < -0.4 is 4.74 Å². The van der Waals surface area contributed by atoms with Crippen LogP contribution in [0.25, 0.3) is 0 Å². The minimum Gasteiger partial charge on any atom is -0.494 e. The molecule has 2 aliphatic rings. The molecule has 0 aliphatic carbocycles. The molecule has 2 aromatic rings. The minimum absolute atomic E-state index is 0.135. The van der Waals surface area contributed by atoms with Crippen molar-refractivity contribution in [2.24, 2.45) is 5.41 Å². The molecule has 212 valence electrons. The van der Waals surface area contributed by atoms with E-state index >= 15 is 0 Å². The number of hydrogen-bond donors (Lipinski definition) is 2. The van der Waals surface area contributed by atoms with Gasteiger partial charge >= 0.3 is 5.97 Å². The summed E-state index contributed by atoms with van der Waals surface area (Å²) in [5.74, 6) is 0.221. The van der Waals surface area contributed by atoms with E-state index in [4.69, 9.17) is 9.47 Å². The lowest BCUT2D eigenvalue weighted by molar-refractivity contribution is -0.165. The molecule has 1 spiro atoms. The number of aliphatic hydroxyl groups is 2. The summed E-state index contributed by atoms with van der Waals surface area (Å²) < 4.78 is 11.2. The van der Waals surface area contributed by atoms with Gasteiger partial charge in [0.05, 0.1) is 18.1 Å². The van der Waals surface area contributed by atoms with Crippen LogP contribution >= 0.6 is 0 Å². The second-order valence-electron chi connectivity index (χ2n) is 10.8. The molecule has 2 saturated heterocycles. The lowest BCUT2D eigenvalue weighted by Crippen LogP contribution is -2.45. The Labute approximate surface area is 231 Å². The zero-order valence-electron chi connectivity index (χ0n) is 23.0. The Morgan fingerprint density at radius 2 is 1.74 bits per heavy atom. The summed E-state index contributed by atoms with van der Waals surface area (Å²) in [5, 5.41) is 21.1. The molecule has 39 heavy (non-hydrogen) atoms. The molecule has 2 aliphatic heterocycles. The summed E-state index contributed by atoms with van der Waals surface area (Å²) in [5.41, 5.74) is 1.16. The lowest BCUT2D eigenvalue weighted by Gasteiger charge is -2.40. The number of hydrogen-bond acceptors (Lipinski definition) is 7. The van der Waals surface area contributed by atoms with Crippen LogP contribution in [0, 0.1) is 5.41 Å². The molecule has 8 heteroatoms. The SMILES string of the molecule is CCOc1cccc(C(=O)N2CCCCC3(CCN(Cc4ccccc4)CC3)C(=O)OC[C@@H](O)[C@@H](O)CC2)c1. The monoisotopic (exact) mass is 538 g/mol. The van der Waals surface area contributed by atoms with Crippen LogP contribution in [0.5, 0.6) is 5.75 Å². The Bertz CT molecular complexity index is 1070. The molecule has 2 atom stereocenters. The van der Waals surface area contributed by atoms with Gasteiger partial charge in [-0.15, -0.1) is 0 Å². The number of piperidine rings is 1. The first-order valence-corrected chi connectivity index (χ1v) is 14.2. The molecule has 0 radical (unpaired) electrons. The van der Waals surface area contributed by atoms with Gasteiger partial charge in [-0.05, 0) is 75.9 Å². The lowest BCUT2D eigenvalue weighted by atomic mass is 9.74. The van der Waals surface area contributed by atoms with Crippen molar-refractivity contribution < 1.29 is 29.3 Å². The number of cyclic esters (lactones) is 1. The molecule has 2 N–H and O–H groups in total. The number of ether oxygens (including phenoxy) is 2. The van der Waals surface area contributed by atoms with E-state index in [1.807, 2.05) is 31.2 Å². The number of esters is 1. The van der Waals surface area contributed by atoms with E-state index in [1.165, 1.54) is 5.56 Å². The third-order valence-corrected chi connectivity index (χ3v) is 8.03. The predicted molar refractivity (Wildman–Crippen MR) is 148 cm³/mol. The summed E-state index contributed by atoms with van der Waals surface area (Å²) in [6.45, 7) is 5.38. The molecule has 0 unspecified atom stereocenters. The van der Waals surface area contributed by atoms with E-state index in [1.54, 1.807) is 23.1 Å². The molecule has 2 fully saturated rings. The van der Waals surface area contributed by atoms with Crippen molar-refractivity contribution in [3.8, 4) is 5.75 Å². The number of carbonyl (C=O) groups excluding carboxylic acids is 2. The zero-order valence-corrected chi connectivity index (χ0v) is 23.0. The molecule has 1 amide bonds. The fraction of sp³-hybridized carbons (Fsp3) is 0.548. The third-order valence-electron chi connectivity index (χ3n) is 8.03. The maximum absolute atomic E-state index is 13.4. The smallest absolute Gasteiger partial charge is 0.312 e. The average Bonchev–Trinajstić information content (AvgIpc) is 2.97. The van der Waals surface area contributed by atoms with E-state index in [0.29, 0.717) is 50.3 Å². The first-order chi connectivity index (χ1) is 18.9. The minimum atomic E-state index is -1.21. The van der Waals surface area contributed by atoms with Crippen molar-refractivity contribution in [2.45, 2.75) is 64.2 Å². The van der Waals surface area contributed by atoms with Crippen LogP contribution in [0.4, 0.5) is 0 Å². The van der Waals surface area contributed by atoms with Gasteiger partial charge in [-0.2, -0.15) is 0 Å². The van der Waals surface area contributed by atoms with Crippen molar-refractivity contribution in [3.63, 3.8) is 0 Å². The average molecular weight is 539 g/mol. The number of benzene rings is 2. The number of amides is 1. The van der Waals surface area contributed by atoms with Crippen molar-refractivity contribution in [3.05, 3.63) is 65.7 Å². The Hall–Kier alpha value is -2.94. The Morgan fingerprint density at radius 3 is 2.49 bits per heavy atom. The van der Waals surface area contributed by atoms with Crippen LogP contribution in [-0.4, -0.2) is 83.5 Å². The van der Waals surface area contributed by atoms with Crippen LogP contribution in [0.3, 0.4) is 0 Å². The number of likely N-dealkylation sites (tertiary alicyclic amines) is 1. The molecule has 2 aromatic carbocycles. The van der Waals surface area contributed by atoms with Crippen LogP contribution in [0.15, 0.2) is 54.6 Å². The topological polar surface area (TPSA) is 99.5 Å². The highest BCUT2D eigenvalue weighted by Gasteiger charge is 2.42. The molecular weight excluding hydrogens is 496 g/mol. The van der Waals surface area contributed by atoms with Crippen LogP contribution in [0.1, 0.15) is 61.4 Å². The van der Waals surface area contributed by atoms with Gasteiger partial charge in [0.25, 0.3) is 5.91 Å². The summed E-state index contributed by atoms with van der Waals surface area (Å²) in [6.07, 6.45) is 1.44. The summed E-state index contributed by atoms with van der Waals surface area (Å²) in [7, 11) is 0.